The van der Waals surface area contributed by atoms with Crippen molar-refractivity contribution in [1.29, 1.82) is 0 Å². The highest BCUT2D eigenvalue weighted by molar-refractivity contribution is 7.99. The van der Waals surface area contributed by atoms with Gasteiger partial charge in [-0.15, -0.1) is 11.8 Å². The molecule has 0 aromatic carbocycles. The maximum atomic E-state index is 11.8. The summed E-state index contributed by atoms with van der Waals surface area (Å²) in [5.74, 6) is 0.620. The summed E-state index contributed by atoms with van der Waals surface area (Å²) in [7, 11) is 0. The van der Waals surface area contributed by atoms with Crippen molar-refractivity contribution in [1.82, 2.24) is 0 Å². The topological polar surface area (TPSA) is 52.6 Å². The number of carbonyl (C=O) groups excluding carboxylic acids is 2. The number of ether oxygens (including phenoxy) is 2. The Morgan fingerprint density at radius 1 is 0.500 bits per heavy atom. The molecule has 0 fully saturated rings. The van der Waals surface area contributed by atoms with E-state index in [1.807, 2.05) is 0 Å². The Morgan fingerprint density at radius 3 is 1.26 bits per heavy atom. The van der Waals surface area contributed by atoms with Crippen LogP contribution in [0.5, 0.6) is 0 Å². The molecule has 202 valence electrons. The second kappa shape index (κ2) is 28.5. The second-order valence-electron chi connectivity index (χ2n) is 9.61. The molecule has 0 atom stereocenters. The van der Waals surface area contributed by atoms with Gasteiger partial charge in [0.1, 0.15) is 0 Å². The van der Waals surface area contributed by atoms with Gasteiger partial charge in [0.2, 0.25) is 0 Å². The van der Waals surface area contributed by atoms with Crippen molar-refractivity contribution >= 4 is 23.7 Å². The lowest BCUT2D eigenvalue weighted by Crippen LogP contribution is -2.11. The summed E-state index contributed by atoms with van der Waals surface area (Å²) in [6.07, 6.45) is 25.9. The molecule has 0 aliphatic heterocycles. The van der Waals surface area contributed by atoms with Gasteiger partial charge >= 0.3 is 11.9 Å². The van der Waals surface area contributed by atoms with E-state index in [2.05, 4.69) is 13.8 Å². The number of rotatable bonds is 27. The monoisotopic (exact) mass is 500 g/mol. The molecule has 34 heavy (non-hydrogen) atoms. The molecule has 5 heteroatoms. The Hall–Kier alpha value is -0.710. The van der Waals surface area contributed by atoms with Crippen molar-refractivity contribution < 1.29 is 19.1 Å². The highest BCUT2D eigenvalue weighted by Crippen LogP contribution is 2.12. The second-order valence-corrected chi connectivity index (χ2v) is 10.7. The van der Waals surface area contributed by atoms with E-state index in [0.717, 1.165) is 25.7 Å². The highest BCUT2D eigenvalue weighted by atomic mass is 32.2. The first kappa shape index (κ1) is 33.3. The number of carbonyl (C=O) groups is 2. The third-order valence-corrected chi connectivity index (χ3v) is 7.12. The Morgan fingerprint density at radius 2 is 0.853 bits per heavy atom. The molecule has 0 aliphatic rings. The summed E-state index contributed by atoms with van der Waals surface area (Å²) in [6.45, 7) is 5.56. The van der Waals surface area contributed by atoms with Gasteiger partial charge in [0.25, 0.3) is 0 Å². The van der Waals surface area contributed by atoms with Crippen molar-refractivity contribution in [3.8, 4) is 0 Å². The van der Waals surface area contributed by atoms with Crippen molar-refractivity contribution in [2.45, 2.75) is 149 Å². The van der Waals surface area contributed by atoms with Gasteiger partial charge in [-0.25, -0.2) is 0 Å². The van der Waals surface area contributed by atoms with Crippen LogP contribution in [0.25, 0.3) is 0 Å². The molecule has 0 radical (unpaired) electrons. The molecule has 4 nitrogen and oxygen atoms in total. The smallest absolute Gasteiger partial charge is 0.315 e. The van der Waals surface area contributed by atoms with Crippen LogP contribution in [0, 0.1) is 0 Å². The van der Waals surface area contributed by atoms with Gasteiger partial charge in [-0.1, -0.05) is 129 Å². The van der Waals surface area contributed by atoms with Gasteiger partial charge in [-0.2, -0.15) is 0 Å². The van der Waals surface area contributed by atoms with Crippen molar-refractivity contribution in [3.63, 3.8) is 0 Å². The van der Waals surface area contributed by atoms with Crippen LogP contribution in [-0.4, -0.2) is 36.7 Å². The van der Waals surface area contributed by atoms with Gasteiger partial charge in [-0.3, -0.25) is 9.59 Å². The van der Waals surface area contributed by atoms with Crippen LogP contribution in [0.1, 0.15) is 149 Å². The molecule has 0 aliphatic carbocycles. The van der Waals surface area contributed by atoms with Gasteiger partial charge in [0.15, 0.2) is 0 Å². The van der Waals surface area contributed by atoms with E-state index < -0.39 is 0 Å². The van der Waals surface area contributed by atoms with E-state index in [1.54, 1.807) is 0 Å². The summed E-state index contributed by atoms with van der Waals surface area (Å²) in [6, 6.07) is 0. The van der Waals surface area contributed by atoms with Crippen LogP contribution in [0.3, 0.4) is 0 Å². The fraction of sp³-hybridized carbons (Fsp3) is 0.931. The average Bonchev–Trinajstić information content (AvgIpc) is 2.83. The Balaban J connectivity index is 3.28. The zero-order valence-corrected chi connectivity index (χ0v) is 23.5. The van der Waals surface area contributed by atoms with Gasteiger partial charge in [-0.05, 0) is 12.8 Å². The van der Waals surface area contributed by atoms with Crippen LogP contribution >= 0.6 is 11.8 Å². The lowest BCUT2D eigenvalue weighted by molar-refractivity contribution is -0.143. The zero-order valence-electron chi connectivity index (χ0n) is 22.7. The molecule has 0 spiro atoms. The number of thioether (sulfide) groups is 1. The van der Waals surface area contributed by atoms with Crippen LogP contribution < -0.4 is 0 Å². The molecule has 0 unspecified atom stereocenters. The first-order chi connectivity index (χ1) is 16.7. The van der Waals surface area contributed by atoms with E-state index in [4.69, 9.17) is 9.47 Å². The third-order valence-electron chi connectivity index (χ3n) is 6.19. The van der Waals surface area contributed by atoms with Crippen molar-refractivity contribution in [3.05, 3.63) is 0 Å². The molecule has 0 rings (SSSR count). The van der Waals surface area contributed by atoms with Crippen molar-refractivity contribution in [2.24, 2.45) is 0 Å². The SMILES string of the molecule is CCCCCCCCCCCCOC(=O)CCSCC(=O)OCCCCCCCCCCCC. The van der Waals surface area contributed by atoms with Crippen LogP contribution in [-0.2, 0) is 19.1 Å². The number of hydrogen-bond donors (Lipinski definition) is 0. The standard InChI is InChI=1S/C29H56O4S/c1-3-5-7-9-11-13-15-17-19-21-24-32-28(30)23-26-34-27-29(31)33-25-22-20-18-16-14-12-10-8-6-4-2/h3-27H2,1-2H3. The summed E-state index contributed by atoms with van der Waals surface area (Å²) in [5.41, 5.74) is 0. The number of hydrogen-bond acceptors (Lipinski definition) is 5. The molecular weight excluding hydrogens is 444 g/mol. The molecule has 0 N–H and O–H groups in total. The third kappa shape index (κ3) is 27.5. The molecule has 0 aromatic rings. The molecule has 0 bridgehead atoms. The lowest BCUT2D eigenvalue weighted by atomic mass is 10.1. The summed E-state index contributed by atoms with van der Waals surface area (Å²) < 4.78 is 10.6. The minimum Gasteiger partial charge on any atom is -0.466 e. The maximum absolute atomic E-state index is 11.8. The van der Waals surface area contributed by atoms with E-state index in [9.17, 15) is 9.59 Å². The van der Waals surface area contributed by atoms with E-state index in [-0.39, 0.29) is 11.9 Å². The lowest BCUT2D eigenvalue weighted by Gasteiger charge is -2.06. The Kier molecular flexibility index (Phi) is 27.9. The first-order valence-corrected chi connectivity index (χ1v) is 15.7. The van der Waals surface area contributed by atoms with E-state index >= 15 is 0 Å². The normalized spacial score (nSPS) is 11.0. The molecule has 0 amide bonds. The van der Waals surface area contributed by atoms with Gasteiger partial charge in [0, 0.05) is 5.75 Å². The quantitative estimate of drug-likeness (QED) is 0.0831. The first-order valence-electron chi connectivity index (χ1n) is 14.6. The predicted molar refractivity (Wildman–Crippen MR) is 148 cm³/mol. The Labute approximate surface area is 216 Å². The largest absolute Gasteiger partial charge is 0.466 e. The predicted octanol–water partition coefficient (Wildman–Crippen LogP) is 9.04. The van der Waals surface area contributed by atoms with E-state index in [0.29, 0.717) is 31.1 Å². The maximum Gasteiger partial charge on any atom is 0.315 e. The summed E-state index contributed by atoms with van der Waals surface area (Å²) >= 11 is 1.46. The summed E-state index contributed by atoms with van der Waals surface area (Å²) in [4.78, 5) is 23.6. The zero-order chi connectivity index (χ0) is 25.0. The number of unbranched alkanes of at least 4 members (excludes halogenated alkanes) is 18. The molecular formula is C29H56O4S. The molecule has 0 heterocycles. The fourth-order valence-corrected chi connectivity index (χ4v) is 4.68. The number of esters is 2. The van der Waals surface area contributed by atoms with Gasteiger partial charge in [0.05, 0.1) is 25.4 Å². The minimum absolute atomic E-state index is 0.151. The Bertz CT molecular complexity index is 402. The fourth-order valence-electron chi connectivity index (χ4n) is 3.98. The molecule has 0 saturated carbocycles. The summed E-state index contributed by atoms with van der Waals surface area (Å²) in [5, 5.41) is 0. The van der Waals surface area contributed by atoms with Gasteiger partial charge < -0.3 is 9.47 Å². The van der Waals surface area contributed by atoms with Crippen LogP contribution in [0.4, 0.5) is 0 Å². The van der Waals surface area contributed by atoms with Crippen molar-refractivity contribution in [2.75, 3.05) is 24.7 Å². The average molecular weight is 501 g/mol. The minimum atomic E-state index is -0.167. The van der Waals surface area contributed by atoms with Crippen LogP contribution in [0.15, 0.2) is 0 Å². The molecule has 0 aromatic heterocycles. The van der Waals surface area contributed by atoms with E-state index in [1.165, 1.54) is 114 Å². The van der Waals surface area contributed by atoms with Crippen LogP contribution in [0.2, 0.25) is 0 Å². The highest BCUT2D eigenvalue weighted by Gasteiger charge is 2.06. The molecule has 0 saturated heterocycles.